The molecule has 0 aliphatic carbocycles. The molecule has 202 valence electrons. The van der Waals surface area contributed by atoms with Gasteiger partial charge in [0.25, 0.3) is 0 Å². The van der Waals surface area contributed by atoms with E-state index in [0.29, 0.717) is 50.2 Å². The number of carbonyl (C=O) groups excluding carboxylic acids is 1. The third-order valence-corrected chi connectivity index (χ3v) is 6.57. The molecular formula is C26H38N6O5. The number of fused-ring (bicyclic) bond motifs is 1. The van der Waals surface area contributed by atoms with Crippen molar-refractivity contribution in [1.82, 2.24) is 15.5 Å². The van der Waals surface area contributed by atoms with Gasteiger partial charge in [0.1, 0.15) is 17.4 Å². The largest absolute Gasteiger partial charge is 0.480 e. The molecule has 11 heteroatoms. The van der Waals surface area contributed by atoms with Crippen molar-refractivity contribution in [3.8, 4) is 0 Å². The highest BCUT2D eigenvalue weighted by molar-refractivity contribution is 5.86. The molecule has 1 aliphatic rings. The summed E-state index contributed by atoms with van der Waals surface area (Å²) in [6.45, 7) is 6.26. The SMILES string of the molecule is Cc1ccc2oc(C(O)C(NC(=O)CCCCNCC(N)CC3=CCN(C(=N)N)C3)C(=O)O)c(C)c2c1. The molecule has 9 N–H and O–H groups in total. The molecule has 2 heterocycles. The topological polar surface area (TPSA) is 191 Å². The second-order valence-electron chi connectivity index (χ2n) is 9.67. The summed E-state index contributed by atoms with van der Waals surface area (Å²) in [5.74, 6) is -1.59. The number of carbonyl (C=O) groups is 2. The summed E-state index contributed by atoms with van der Waals surface area (Å²) < 4.78 is 5.73. The molecule has 11 nitrogen and oxygen atoms in total. The van der Waals surface area contributed by atoms with Crippen molar-refractivity contribution in [3.05, 3.63) is 46.7 Å². The number of carboxylic acids is 1. The van der Waals surface area contributed by atoms with E-state index in [-0.39, 0.29) is 24.2 Å². The number of furan rings is 1. The van der Waals surface area contributed by atoms with E-state index in [2.05, 4.69) is 16.7 Å². The van der Waals surface area contributed by atoms with Gasteiger partial charge in [-0.2, -0.15) is 0 Å². The highest BCUT2D eigenvalue weighted by Crippen LogP contribution is 2.31. The number of nitrogens with two attached hydrogens (primary N) is 2. The first-order valence-electron chi connectivity index (χ1n) is 12.5. The summed E-state index contributed by atoms with van der Waals surface area (Å²) in [4.78, 5) is 26.0. The summed E-state index contributed by atoms with van der Waals surface area (Å²) in [5, 5.41) is 34.4. The first kappa shape index (κ1) is 28.2. The standard InChI is InChI=1S/C26H38N6O5/c1-15-6-7-20-19(11-15)16(2)24(37-20)23(34)22(25(35)36)31-21(33)5-3-4-9-30-13-18(27)12-17-8-10-32(14-17)26(28)29/h6-8,11,18,22-23,30,34H,3-5,9-10,12-14,27H2,1-2H3,(H3,28,29)(H,31,33)(H,35,36). The molecule has 3 atom stereocenters. The van der Waals surface area contributed by atoms with Gasteiger partial charge in [-0.1, -0.05) is 23.3 Å². The third-order valence-electron chi connectivity index (χ3n) is 6.57. The quantitative estimate of drug-likeness (QED) is 0.0892. The predicted octanol–water partition coefficient (Wildman–Crippen LogP) is 1.27. The molecule has 0 saturated carbocycles. The number of guanidine groups is 1. The molecule has 3 unspecified atom stereocenters. The fourth-order valence-corrected chi connectivity index (χ4v) is 4.49. The van der Waals surface area contributed by atoms with Crippen LogP contribution in [-0.2, 0) is 9.59 Å². The third kappa shape index (κ3) is 7.54. The number of aliphatic hydroxyl groups is 1. The van der Waals surface area contributed by atoms with E-state index in [1.165, 1.54) is 5.57 Å². The van der Waals surface area contributed by atoms with Crippen molar-refractivity contribution in [1.29, 1.82) is 5.41 Å². The number of nitrogens with one attached hydrogen (secondary N) is 3. The summed E-state index contributed by atoms with van der Waals surface area (Å²) in [6.07, 6.45) is 2.66. The van der Waals surface area contributed by atoms with Gasteiger partial charge in [0.05, 0.1) is 0 Å². The van der Waals surface area contributed by atoms with Gasteiger partial charge in [-0.15, -0.1) is 0 Å². The molecule has 37 heavy (non-hydrogen) atoms. The van der Waals surface area contributed by atoms with Crippen molar-refractivity contribution in [2.24, 2.45) is 11.5 Å². The Balaban J connectivity index is 1.39. The Bertz CT molecular complexity index is 1160. The molecule has 2 aromatic rings. The van der Waals surface area contributed by atoms with E-state index in [4.69, 9.17) is 21.3 Å². The average molecular weight is 515 g/mol. The summed E-state index contributed by atoms with van der Waals surface area (Å²) in [6, 6.07) is 3.97. The number of benzene rings is 1. The van der Waals surface area contributed by atoms with Crippen LogP contribution in [0.3, 0.4) is 0 Å². The lowest BCUT2D eigenvalue weighted by molar-refractivity contribution is -0.145. The first-order valence-corrected chi connectivity index (χ1v) is 12.5. The van der Waals surface area contributed by atoms with Gasteiger partial charge in [-0.25, -0.2) is 4.79 Å². The zero-order valence-corrected chi connectivity index (χ0v) is 21.4. The van der Waals surface area contributed by atoms with Crippen molar-refractivity contribution >= 4 is 28.8 Å². The second-order valence-corrected chi connectivity index (χ2v) is 9.67. The minimum absolute atomic E-state index is 0.0610. The van der Waals surface area contributed by atoms with E-state index in [9.17, 15) is 19.8 Å². The Kier molecular flexibility index (Phi) is 9.67. The van der Waals surface area contributed by atoms with Crippen LogP contribution >= 0.6 is 0 Å². The number of amides is 1. The lowest BCUT2D eigenvalue weighted by Gasteiger charge is -2.19. The van der Waals surface area contributed by atoms with Crippen LogP contribution in [0.15, 0.2) is 34.3 Å². The number of hydrogen-bond acceptors (Lipinski definition) is 7. The van der Waals surface area contributed by atoms with Gasteiger partial charge in [-0.05, 0) is 51.8 Å². The van der Waals surface area contributed by atoms with Crippen LogP contribution in [0.5, 0.6) is 0 Å². The summed E-state index contributed by atoms with van der Waals surface area (Å²) >= 11 is 0. The minimum atomic E-state index is -1.52. The fraction of sp³-hybridized carbons (Fsp3) is 0.500. The Morgan fingerprint density at radius 1 is 1.27 bits per heavy atom. The van der Waals surface area contributed by atoms with Crippen LogP contribution in [0, 0.1) is 19.3 Å². The smallest absolute Gasteiger partial charge is 0.329 e. The van der Waals surface area contributed by atoms with Crippen LogP contribution in [-0.4, -0.2) is 71.2 Å². The number of nitrogens with zero attached hydrogens (tertiary/aromatic N) is 1. The van der Waals surface area contributed by atoms with E-state index in [0.717, 1.165) is 17.4 Å². The van der Waals surface area contributed by atoms with Gasteiger partial charge in [0.15, 0.2) is 12.0 Å². The van der Waals surface area contributed by atoms with E-state index >= 15 is 0 Å². The predicted molar refractivity (Wildman–Crippen MR) is 141 cm³/mol. The number of rotatable bonds is 13. The highest BCUT2D eigenvalue weighted by atomic mass is 16.4. The molecule has 1 aliphatic heterocycles. The number of unbranched alkanes of at least 4 members (excludes halogenated alkanes) is 1. The normalized spacial score (nSPS) is 15.9. The number of aryl methyl sites for hydroxylation is 2. The Labute approximate surface area is 216 Å². The lowest BCUT2D eigenvalue weighted by Crippen LogP contribution is -2.45. The molecule has 1 aromatic carbocycles. The molecule has 1 aromatic heterocycles. The fourth-order valence-electron chi connectivity index (χ4n) is 4.49. The van der Waals surface area contributed by atoms with Gasteiger partial charge in [-0.3, -0.25) is 10.2 Å². The van der Waals surface area contributed by atoms with E-state index < -0.39 is 24.0 Å². The molecule has 0 bridgehead atoms. The van der Waals surface area contributed by atoms with E-state index in [1.807, 2.05) is 19.1 Å². The van der Waals surface area contributed by atoms with Gasteiger partial charge >= 0.3 is 5.97 Å². The molecule has 3 rings (SSSR count). The van der Waals surface area contributed by atoms with Crippen molar-refractivity contribution in [2.45, 2.75) is 57.7 Å². The summed E-state index contributed by atoms with van der Waals surface area (Å²) in [7, 11) is 0. The average Bonchev–Trinajstić information content (AvgIpc) is 3.44. The minimum Gasteiger partial charge on any atom is -0.480 e. The van der Waals surface area contributed by atoms with Crippen LogP contribution in [0.1, 0.15) is 48.7 Å². The highest BCUT2D eigenvalue weighted by Gasteiger charge is 2.33. The van der Waals surface area contributed by atoms with Crippen LogP contribution in [0.2, 0.25) is 0 Å². The lowest BCUT2D eigenvalue weighted by atomic mass is 10.0. The maximum atomic E-state index is 12.4. The maximum absolute atomic E-state index is 12.4. The van der Waals surface area contributed by atoms with Crippen molar-refractivity contribution < 1.29 is 24.2 Å². The zero-order valence-electron chi connectivity index (χ0n) is 21.4. The van der Waals surface area contributed by atoms with Crippen LogP contribution < -0.4 is 22.1 Å². The molecule has 0 radical (unpaired) electrons. The Hall–Kier alpha value is -3.41. The first-order chi connectivity index (χ1) is 17.6. The van der Waals surface area contributed by atoms with Crippen molar-refractivity contribution in [2.75, 3.05) is 26.2 Å². The van der Waals surface area contributed by atoms with Crippen molar-refractivity contribution in [3.63, 3.8) is 0 Å². The zero-order chi connectivity index (χ0) is 27.1. The number of aliphatic hydroxyl groups excluding tert-OH is 1. The molecular weight excluding hydrogens is 476 g/mol. The van der Waals surface area contributed by atoms with Gasteiger partial charge in [0.2, 0.25) is 5.91 Å². The summed E-state index contributed by atoms with van der Waals surface area (Å²) in [5.41, 5.74) is 15.1. The molecule has 0 saturated heterocycles. The van der Waals surface area contributed by atoms with Gasteiger partial charge < -0.3 is 41.6 Å². The van der Waals surface area contributed by atoms with Crippen LogP contribution in [0.4, 0.5) is 0 Å². The number of hydrogen-bond donors (Lipinski definition) is 7. The molecule has 0 spiro atoms. The van der Waals surface area contributed by atoms with Crippen LogP contribution in [0.25, 0.3) is 11.0 Å². The van der Waals surface area contributed by atoms with E-state index in [1.54, 1.807) is 17.9 Å². The van der Waals surface area contributed by atoms with Gasteiger partial charge in [0, 0.05) is 43.0 Å². The second kappa shape index (κ2) is 12.7. The maximum Gasteiger partial charge on any atom is 0.329 e. The Morgan fingerprint density at radius 2 is 2.03 bits per heavy atom. The Morgan fingerprint density at radius 3 is 2.70 bits per heavy atom. The number of carboxylic acid groups (broad SMARTS) is 1. The molecule has 0 fully saturated rings. The molecule has 1 amide bonds. The number of aliphatic carboxylic acids is 1. The monoisotopic (exact) mass is 514 g/mol.